The molecule has 1 heterocycles. The Labute approximate surface area is 106 Å². The fraction of sp³-hybridized carbons (Fsp3) is 0.429. The van der Waals surface area contributed by atoms with E-state index >= 15 is 0 Å². The van der Waals surface area contributed by atoms with Crippen LogP contribution in [0.2, 0.25) is 0 Å². The number of nitrogens with one attached hydrogen (secondary N) is 2. The van der Waals surface area contributed by atoms with E-state index in [1.165, 1.54) is 0 Å². The van der Waals surface area contributed by atoms with Crippen molar-refractivity contribution in [1.29, 1.82) is 0 Å². The van der Waals surface area contributed by atoms with Crippen molar-refractivity contribution in [2.24, 2.45) is 5.92 Å². The van der Waals surface area contributed by atoms with Gasteiger partial charge in [-0.15, -0.1) is 0 Å². The second-order valence-electron chi connectivity index (χ2n) is 4.74. The summed E-state index contributed by atoms with van der Waals surface area (Å²) in [6.07, 6.45) is 7.50. The van der Waals surface area contributed by atoms with Crippen molar-refractivity contribution in [3.63, 3.8) is 0 Å². The number of carbonyl (C=O) groups is 1. The summed E-state index contributed by atoms with van der Waals surface area (Å²) in [4.78, 5) is 26.1. The van der Waals surface area contributed by atoms with Crippen LogP contribution in [0.3, 0.4) is 0 Å². The summed E-state index contributed by atoms with van der Waals surface area (Å²) >= 11 is 0. The number of carbonyl (C=O) groups excluding carboxylic acids is 1. The van der Waals surface area contributed by atoms with Gasteiger partial charge in [-0.1, -0.05) is 12.2 Å². The second-order valence-corrected chi connectivity index (χ2v) is 4.74. The van der Waals surface area contributed by atoms with Crippen molar-refractivity contribution in [3.05, 3.63) is 45.9 Å². The van der Waals surface area contributed by atoms with Crippen LogP contribution in [0.1, 0.15) is 35.3 Å². The predicted octanol–water partition coefficient (Wildman–Crippen LogP) is 1.77. The monoisotopic (exact) mass is 246 g/mol. The summed E-state index contributed by atoms with van der Waals surface area (Å²) in [7, 11) is 0. The van der Waals surface area contributed by atoms with Crippen LogP contribution < -0.4 is 10.9 Å². The van der Waals surface area contributed by atoms with E-state index in [2.05, 4.69) is 22.5 Å². The molecule has 0 radical (unpaired) electrons. The van der Waals surface area contributed by atoms with Crippen LogP contribution in [0.5, 0.6) is 0 Å². The third-order valence-electron chi connectivity index (χ3n) is 3.23. The standard InChI is InChI=1S/C14H18N2O2/c1-10-7-8-12(14(18)16-10)13(17)15-9-11-5-3-2-4-6-11/h2-3,7-8,11H,4-6,9H2,1H3,(H,15,17)(H,16,18)/t11-/m0/s1. The van der Waals surface area contributed by atoms with Crippen molar-refractivity contribution in [1.82, 2.24) is 10.3 Å². The van der Waals surface area contributed by atoms with Gasteiger partial charge in [0.2, 0.25) is 0 Å². The molecule has 4 nitrogen and oxygen atoms in total. The summed E-state index contributed by atoms with van der Waals surface area (Å²) in [5, 5.41) is 2.84. The Morgan fingerprint density at radius 1 is 1.44 bits per heavy atom. The largest absolute Gasteiger partial charge is 0.352 e. The molecule has 96 valence electrons. The maximum absolute atomic E-state index is 11.9. The van der Waals surface area contributed by atoms with Crippen LogP contribution in [-0.4, -0.2) is 17.4 Å². The van der Waals surface area contributed by atoms with Crippen LogP contribution in [0.15, 0.2) is 29.1 Å². The number of aromatic amines is 1. The molecule has 4 heteroatoms. The quantitative estimate of drug-likeness (QED) is 0.798. The van der Waals surface area contributed by atoms with Crippen molar-refractivity contribution in [2.45, 2.75) is 26.2 Å². The van der Waals surface area contributed by atoms with E-state index in [0.717, 1.165) is 25.0 Å². The molecule has 0 saturated carbocycles. The van der Waals surface area contributed by atoms with Gasteiger partial charge in [0.05, 0.1) is 0 Å². The van der Waals surface area contributed by atoms with Crippen molar-refractivity contribution in [2.75, 3.05) is 6.54 Å². The lowest BCUT2D eigenvalue weighted by Crippen LogP contribution is -2.33. The lowest BCUT2D eigenvalue weighted by Gasteiger charge is -2.17. The minimum absolute atomic E-state index is 0.187. The topological polar surface area (TPSA) is 62.0 Å². The zero-order chi connectivity index (χ0) is 13.0. The van der Waals surface area contributed by atoms with Gasteiger partial charge in [0.25, 0.3) is 11.5 Å². The first-order chi connectivity index (χ1) is 8.66. The van der Waals surface area contributed by atoms with Gasteiger partial charge in [0, 0.05) is 12.2 Å². The molecule has 1 aromatic heterocycles. The molecule has 0 aromatic carbocycles. The lowest BCUT2D eigenvalue weighted by atomic mass is 9.94. The Hall–Kier alpha value is -1.84. The van der Waals surface area contributed by atoms with Crippen molar-refractivity contribution in [3.8, 4) is 0 Å². The van der Waals surface area contributed by atoms with Crippen LogP contribution in [0, 0.1) is 12.8 Å². The predicted molar refractivity (Wildman–Crippen MR) is 70.6 cm³/mol. The Kier molecular flexibility index (Phi) is 3.97. The van der Waals surface area contributed by atoms with Crippen molar-refractivity contribution < 1.29 is 4.79 Å². The highest BCUT2D eigenvalue weighted by Crippen LogP contribution is 2.16. The van der Waals surface area contributed by atoms with E-state index in [-0.39, 0.29) is 17.0 Å². The number of H-pyrrole nitrogens is 1. The third-order valence-corrected chi connectivity index (χ3v) is 3.23. The van der Waals surface area contributed by atoms with Crippen molar-refractivity contribution >= 4 is 5.91 Å². The molecule has 2 rings (SSSR count). The van der Waals surface area contributed by atoms with Gasteiger partial charge < -0.3 is 10.3 Å². The molecule has 1 aliphatic rings. The Balaban J connectivity index is 1.95. The molecule has 18 heavy (non-hydrogen) atoms. The Bertz CT molecular complexity index is 517. The van der Waals surface area contributed by atoms with E-state index in [9.17, 15) is 9.59 Å². The smallest absolute Gasteiger partial charge is 0.260 e. The van der Waals surface area contributed by atoms with Crippen LogP contribution in [0.4, 0.5) is 0 Å². The zero-order valence-electron chi connectivity index (χ0n) is 10.5. The van der Waals surface area contributed by atoms with E-state index in [1.54, 1.807) is 19.1 Å². The summed E-state index contributed by atoms with van der Waals surface area (Å²) in [6, 6.07) is 3.31. The molecular formula is C14H18N2O2. The lowest BCUT2D eigenvalue weighted by molar-refractivity contribution is 0.0944. The van der Waals surface area contributed by atoms with E-state index in [4.69, 9.17) is 0 Å². The number of amides is 1. The van der Waals surface area contributed by atoms with Gasteiger partial charge in [-0.05, 0) is 44.2 Å². The number of pyridine rings is 1. The normalized spacial score (nSPS) is 18.6. The van der Waals surface area contributed by atoms with E-state index in [0.29, 0.717) is 12.5 Å². The molecule has 0 unspecified atom stereocenters. The number of rotatable bonds is 3. The molecule has 1 aromatic rings. The Morgan fingerprint density at radius 2 is 2.28 bits per heavy atom. The van der Waals surface area contributed by atoms with Gasteiger partial charge in [0.1, 0.15) is 5.56 Å². The first-order valence-electron chi connectivity index (χ1n) is 6.30. The molecule has 0 spiro atoms. The molecular weight excluding hydrogens is 228 g/mol. The highest BCUT2D eigenvalue weighted by Gasteiger charge is 2.14. The van der Waals surface area contributed by atoms with Gasteiger partial charge >= 0.3 is 0 Å². The molecule has 0 fully saturated rings. The maximum atomic E-state index is 11.9. The van der Waals surface area contributed by atoms with Crippen LogP contribution in [0.25, 0.3) is 0 Å². The highest BCUT2D eigenvalue weighted by molar-refractivity contribution is 5.93. The zero-order valence-corrected chi connectivity index (χ0v) is 10.5. The molecule has 1 amide bonds. The minimum atomic E-state index is -0.323. The van der Waals surface area contributed by atoms with Crippen LogP contribution in [-0.2, 0) is 0 Å². The van der Waals surface area contributed by atoms with Gasteiger partial charge in [-0.2, -0.15) is 0 Å². The number of aryl methyl sites for hydroxylation is 1. The van der Waals surface area contributed by atoms with Crippen LogP contribution >= 0.6 is 0 Å². The number of hydrogen-bond donors (Lipinski definition) is 2. The Morgan fingerprint density at radius 3 is 2.94 bits per heavy atom. The first-order valence-corrected chi connectivity index (χ1v) is 6.30. The average Bonchev–Trinajstić information content (AvgIpc) is 2.37. The van der Waals surface area contributed by atoms with E-state index in [1.807, 2.05) is 0 Å². The summed E-state index contributed by atoms with van der Waals surface area (Å²) < 4.78 is 0. The number of aromatic nitrogens is 1. The van der Waals surface area contributed by atoms with Gasteiger partial charge in [-0.3, -0.25) is 9.59 Å². The summed E-state index contributed by atoms with van der Waals surface area (Å²) in [6.45, 7) is 2.42. The first kappa shape index (κ1) is 12.6. The molecule has 0 bridgehead atoms. The molecule has 1 aliphatic carbocycles. The minimum Gasteiger partial charge on any atom is -0.352 e. The molecule has 2 N–H and O–H groups in total. The fourth-order valence-electron chi connectivity index (χ4n) is 2.12. The summed E-state index contributed by atoms with van der Waals surface area (Å²) in [5.74, 6) is 0.203. The molecule has 1 atom stereocenters. The van der Waals surface area contributed by atoms with E-state index < -0.39 is 0 Å². The van der Waals surface area contributed by atoms with Gasteiger partial charge in [0.15, 0.2) is 0 Å². The van der Waals surface area contributed by atoms with Gasteiger partial charge in [-0.25, -0.2) is 0 Å². The second kappa shape index (κ2) is 5.67. The SMILES string of the molecule is Cc1ccc(C(=O)NC[C@H]2CC=CCC2)c(=O)[nH]1. The highest BCUT2D eigenvalue weighted by atomic mass is 16.2. The molecule has 0 aliphatic heterocycles. The third kappa shape index (κ3) is 3.09. The average molecular weight is 246 g/mol. The molecule has 0 saturated heterocycles. The number of allylic oxidation sites excluding steroid dienone is 2. The summed E-state index contributed by atoms with van der Waals surface area (Å²) in [5.41, 5.74) is 0.622. The maximum Gasteiger partial charge on any atom is 0.260 e. The fourth-order valence-corrected chi connectivity index (χ4v) is 2.12. The number of hydrogen-bond acceptors (Lipinski definition) is 2.